The number of ether oxygens (including phenoxy) is 7. The van der Waals surface area contributed by atoms with Crippen molar-refractivity contribution >= 4 is 23.6 Å². The first-order valence-corrected chi connectivity index (χ1v) is 31.7. The Bertz CT molecular complexity index is 3430. The molecular weight excluding hydrogens is 1100 g/mol. The molecule has 0 bridgehead atoms. The molecule has 0 saturated carbocycles. The van der Waals surface area contributed by atoms with Crippen LogP contribution in [0.3, 0.4) is 0 Å². The number of hydrogen-bond donors (Lipinski definition) is 1. The summed E-state index contributed by atoms with van der Waals surface area (Å²) in [5, 5.41) is 9.84. The Morgan fingerprint density at radius 1 is 0.575 bits per heavy atom. The van der Waals surface area contributed by atoms with Crippen LogP contribution in [-0.2, 0) is 67.6 Å². The summed E-state index contributed by atoms with van der Waals surface area (Å²) >= 11 is 0. The van der Waals surface area contributed by atoms with E-state index in [1.165, 1.54) is 27.8 Å². The van der Waals surface area contributed by atoms with Crippen LogP contribution in [-0.4, -0.2) is 148 Å². The Morgan fingerprint density at radius 3 is 1.71 bits per heavy atom. The number of anilines is 2. The van der Waals surface area contributed by atoms with Crippen LogP contribution in [0.4, 0.5) is 11.6 Å². The first-order valence-electron chi connectivity index (χ1n) is 31.7. The van der Waals surface area contributed by atoms with Gasteiger partial charge < -0.3 is 48.1 Å². The minimum absolute atomic E-state index is 0.245. The molecule has 4 aromatic carbocycles. The third-order valence-corrected chi connectivity index (χ3v) is 19.7. The van der Waals surface area contributed by atoms with Crippen molar-refractivity contribution in [3.05, 3.63) is 147 Å². The molecule has 87 heavy (non-hydrogen) atoms. The number of esters is 1. The van der Waals surface area contributed by atoms with Crippen molar-refractivity contribution in [2.45, 2.75) is 130 Å². The highest BCUT2D eigenvalue weighted by atomic mass is 16.5. The molecule has 4 fully saturated rings. The van der Waals surface area contributed by atoms with Crippen LogP contribution >= 0.6 is 0 Å². The summed E-state index contributed by atoms with van der Waals surface area (Å²) in [7, 11) is 3.26. The van der Waals surface area contributed by atoms with Gasteiger partial charge in [0.25, 0.3) is 0 Å². The van der Waals surface area contributed by atoms with E-state index in [1.54, 1.807) is 14.2 Å². The van der Waals surface area contributed by atoms with Crippen LogP contribution in [0.5, 0.6) is 17.2 Å². The number of carbonyl (C=O) groups is 2. The standard InChI is InChI=1S/C71H86N6O10/c1-45-11-7-13-56(68(45)85-43-49-37-47(3)60-40-75(28-19-50(60)38-49)53-26-35-84-36-27-53)61-15-9-18-67(72-61)77-32-23-59(65(42-77)82-6)71(80)87-63-39-51(48(4)54-20-29-74(30-21-55(54)63)52-24-33-83-34-25-52)44-86-69-46(2)12-8-14-57(69)62-16-10-17-66(73-62)76-31-22-58(70(78)79)64(41-76)81-5/h7-18,37-39,52-53,58-59,64-65H,19-36,40-44H2,1-6H3,(H,78,79)/t58-,59+,64-,65+/m1/s1. The van der Waals surface area contributed by atoms with Gasteiger partial charge in [0.15, 0.2) is 0 Å². The van der Waals surface area contributed by atoms with Crippen molar-refractivity contribution in [1.82, 2.24) is 19.8 Å². The lowest BCUT2D eigenvalue weighted by atomic mass is 9.91. The summed E-state index contributed by atoms with van der Waals surface area (Å²) in [5.74, 6) is 1.50. The molecule has 0 amide bonds. The number of aryl methyl sites for hydroxylation is 3. The smallest absolute Gasteiger partial charge is 0.317 e. The maximum atomic E-state index is 14.9. The third kappa shape index (κ3) is 13.3. The highest BCUT2D eigenvalue weighted by Gasteiger charge is 2.39. The molecule has 4 atom stereocenters. The van der Waals surface area contributed by atoms with Gasteiger partial charge in [0.1, 0.15) is 42.1 Å². The first kappa shape index (κ1) is 60.4. The summed E-state index contributed by atoms with van der Waals surface area (Å²) in [4.78, 5) is 46.9. The number of fused-ring (bicyclic) bond motifs is 2. The van der Waals surface area contributed by atoms with Gasteiger partial charge >= 0.3 is 11.9 Å². The molecule has 8 heterocycles. The van der Waals surface area contributed by atoms with E-state index in [0.717, 1.165) is 171 Å². The van der Waals surface area contributed by atoms with Crippen molar-refractivity contribution in [3.8, 4) is 39.8 Å². The molecule has 6 aliphatic rings. The third-order valence-electron chi connectivity index (χ3n) is 19.7. The topological polar surface area (TPSA) is 158 Å². The summed E-state index contributed by atoms with van der Waals surface area (Å²) in [6.07, 6.45) is 6.96. The summed E-state index contributed by atoms with van der Waals surface area (Å²) in [6, 6.07) is 32.2. The van der Waals surface area contributed by atoms with Gasteiger partial charge in [-0.1, -0.05) is 48.5 Å². The maximum absolute atomic E-state index is 14.9. The zero-order valence-electron chi connectivity index (χ0n) is 51.7. The lowest BCUT2D eigenvalue weighted by Crippen LogP contribution is -2.48. The normalized spacial score (nSPS) is 21.6. The fraction of sp³-hybridized carbons (Fsp3) is 0.493. The quantitative estimate of drug-likeness (QED) is 0.0679. The van der Waals surface area contributed by atoms with Crippen LogP contribution < -0.4 is 24.0 Å². The molecule has 6 aromatic rings. The molecule has 0 spiro atoms. The molecule has 12 rings (SSSR count). The number of piperidine rings is 2. The van der Waals surface area contributed by atoms with Crippen LogP contribution in [0, 0.1) is 39.5 Å². The molecule has 2 aromatic heterocycles. The Morgan fingerprint density at radius 2 is 1.11 bits per heavy atom. The Hall–Kier alpha value is -6.92. The molecule has 4 saturated heterocycles. The van der Waals surface area contributed by atoms with Gasteiger partial charge in [-0.25, -0.2) is 9.97 Å². The second-order valence-electron chi connectivity index (χ2n) is 24.8. The molecule has 0 unspecified atom stereocenters. The number of benzene rings is 4. The number of methoxy groups -OCH3 is 2. The number of aromatic nitrogens is 2. The van der Waals surface area contributed by atoms with E-state index in [9.17, 15) is 14.7 Å². The molecule has 460 valence electrons. The zero-order chi connectivity index (χ0) is 60.1. The van der Waals surface area contributed by atoms with E-state index in [1.807, 2.05) is 61.5 Å². The average Bonchev–Trinajstić information content (AvgIpc) is 2.54. The number of nitrogens with zero attached hydrogens (tertiary/aromatic N) is 6. The van der Waals surface area contributed by atoms with E-state index in [0.29, 0.717) is 63.5 Å². The number of hydrogen-bond acceptors (Lipinski definition) is 15. The van der Waals surface area contributed by atoms with Crippen LogP contribution in [0.2, 0.25) is 0 Å². The molecule has 16 heteroatoms. The summed E-state index contributed by atoms with van der Waals surface area (Å²) in [5.41, 5.74) is 15.2. The van der Waals surface area contributed by atoms with Crippen LogP contribution in [0.15, 0.2) is 91.0 Å². The Labute approximate surface area is 513 Å². The van der Waals surface area contributed by atoms with Crippen molar-refractivity contribution in [2.75, 3.05) is 96.3 Å². The van der Waals surface area contributed by atoms with Gasteiger partial charge in [-0.05, 0) is 184 Å². The number of para-hydroxylation sites is 2. The fourth-order valence-corrected chi connectivity index (χ4v) is 14.6. The number of rotatable bonds is 17. The average molecular weight is 1180 g/mol. The number of pyridine rings is 2. The van der Waals surface area contributed by atoms with E-state index in [2.05, 4.69) is 76.8 Å². The van der Waals surface area contributed by atoms with E-state index < -0.39 is 30.0 Å². The predicted molar refractivity (Wildman–Crippen MR) is 336 cm³/mol. The molecule has 6 aliphatic heterocycles. The van der Waals surface area contributed by atoms with Gasteiger partial charge in [0, 0.05) is 116 Å². The number of carbonyl (C=O) groups excluding carboxylic acids is 1. The second-order valence-corrected chi connectivity index (χ2v) is 24.8. The molecule has 1 N–H and O–H groups in total. The monoisotopic (exact) mass is 1180 g/mol. The zero-order valence-corrected chi connectivity index (χ0v) is 51.7. The van der Waals surface area contributed by atoms with Gasteiger partial charge in [-0.2, -0.15) is 0 Å². The van der Waals surface area contributed by atoms with Crippen LogP contribution in [0.25, 0.3) is 22.5 Å². The maximum Gasteiger partial charge on any atom is 0.317 e. The SMILES string of the molecule is CO[C@H]1CN(c2cccc(-c3cccc(C)c3OCc3cc(C)c4c(c3)CCN(C3CCOCC3)C4)n2)CC[C@@H]1C(=O)Oc1cc(COc2c(C)cccc2-c2cccc(N3CC[C@@H](C(=O)O)[C@H](OC)C3)n2)c(C)c2c1CCN(C1CCOCC1)CC2. The molecular formula is C71H86N6O10. The van der Waals surface area contributed by atoms with Gasteiger partial charge in [-0.15, -0.1) is 0 Å². The van der Waals surface area contributed by atoms with E-state index >= 15 is 0 Å². The Kier molecular flexibility index (Phi) is 18.9. The van der Waals surface area contributed by atoms with Crippen molar-refractivity contribution in [3.63, 3.8) is 0 Å². The number of carboxylic acids is 1. The van der Waals surface area contributed by atoms with Gasteiger partial charge in [-0.3, -0.25) is 19.4 Å². The van der Waals surface area contributed by atoms with Crippen molar-refractivity contribution < 1.29 is 47.9 Å². The molecule has 0 aliphatic carbocycles. The summed E-state index contributed by atoms with van der Waals surface area (Å²) in [6.45, 7) is 18.4. The van der Waals surface area contributed by atoms with Gasteiger partial charge in [0.05, 0.1) is 35.4 Å². The summed E-state index contributed by atoms with van der Waals surface area (Å²) < 4.78 is 43.7. The minimum atomic E-state index is -0.839. The lowest BCUT2D eigenvalue weighted by Gasteiger charge is -2.38. The van der Waals surface area contributed by atoms with Gasteiger partial charge in [0.2, 0.25) is 0 Å². The lowest BCUT2D eigenvalue weighted by molar-refractivity contribution is -0.147. The van der Waals surface area contributed by atoms with Crippen LogP contribution in [0.1, 0.15) is 94.2 Å². The second kappa shape index (κ2) is 27.2. The van der Waals surface area contributed by atoms with Crippen molar-refractivity contribution in [1.29, 1.82) is 0 Å². The van der Waals surface area contributed by atoms with E-state index in [4.69, 9.17) is 43.1 Å². The fourth-order valence-electron chi connectivity index (χ4n) is 14.6. The number of aliphatic carboxylic acids is 1. The van der Waals surface area contributed by atoms with Crippen molar-refractivity contribution in [2.24, 2.45) is 11.8 Å². The minimum Gasteiger partial charge on any atom is -0.488 e. The molecule has 0 radical (unpaired) electrons. The van der Waals surface area contributed by atoms with E-state index in [-0.39, 0.29) is 12.6 Å². The Balaban J connectivity index is 0.751. The molecule has 16 nitrogen and oxygen atoms in total. The highest BCUT2D eigenvalue weighted by Crippen LogP contribution is 2.40. The number of carboxylic acid groups (broad SMARTS) is 1. The predicted octanol–water partition coefficient (Wildman–Crippen LogP) is 10.7. The first-order chi connectivity index (χ1) is 42.4. The highest BCUT2D eigenvalue weighted by molar-refractivity contribution is 5.78. The largest absolute Gasteiger partial charge is 0.488 e.